The fraction of sp³-hybridized carbons (Fsp3) is 0.200. The fourth-order valence-electron chi connectivity index (χ4n) is 3.92. The highest BCUT2D eigenvalue weighted by atomic mass is 15.3. The van der Waals surface area contributed by atoms with Crippen LogP contribution in [0.15, 0.2) is 59.7 Å². The van der Waals surface area contributed by atoms with Crippen molar-refractivity contribution in [3.05, 3.63) is 88.2 Å². The lowest BCUT2D eigenvalue weighted by atomic mass is 10.1. The van der Waals surface area contributed by atoms with Crippen LogP contribution in [0.25, 0.3) is 16.6 Å². The molecule has 0 atom stereocenters. The highest BCUT2D eigenvalue weighted by molar-refractivity contribution is 5.85. The number of nitrogens with zero attached hydrogens (tertiary/aromatic N) is 3. The van der Waals surface area contributed by atoms with Crippen molar-refractivity contribution in [1.82, 2.24) is 9.55 Å². The maximum absolute atomic E-state index is 4.65. The Bertz CT molecular complexity index is 1230. The molecule has 0 spiro atoms. The van der Waals surface area contributed by atoms with E-state index in [0.717, 1.165) is 16.9 Å². The number of aromatic nitrogens is 2. The van der Waals surface area contributed by atoms with Crippen molar-refractivity contribution in [2.45, 2.75) is 34.6 Å². The third-order valence-electron chi connectivity index (χ3n) is 5.37. The molecule has 0 amide bonds. The molecular formula is C25H26N4. The Labute approximate surface area is 171 Å². The lowest BCUT2D eigenvalue weighted by Crippen LogP contribution is -2.02. The van der Waals surface area contributed by atoms with Gasteiger partial charge in [-0.2, -0.15) is 5.10 Å². The zero-order valence-electron chi connectivity index (χ0n) is 17.6. The molecule has 0 aliphatic rings. The molecule has 0 radical (unpaired) electrons. The van der Waals surface area contributed by atoms with E-state index in [1.54, 1.807) is 0 Å². The van der Waals surface area contributed by atoms with E-state index in [0.29, 0.717) is 0 Å². The number of pyridine rings is 1. The molecule has 0 saturated carbocycles. The standard InChI is InChI=1S/C25H26N4/c1-16-10-11-24(18(3)12-16)29-19(4)14-21(20(29)5)15-26-28-25-13-17(2)22-8-6-7-9-23(22)27-25/h6-15H,1-5H3,(H,27,28). The van der Waals surface area contributed by atoms with Gasteiger partial charge in [-0.15, -0.1) is 0 Å². The minimum atomic E-state index is 0.751. The molecule has 0 saturated heterocycles. The number of nitrogens with one attached hydrogen (secondary N) is 1. The van der Waals surface area contributed by atoms with Crippen molar-refractivity contribution in [3.8, 4) is 5.69 Å². The van der Waals surface area contributed by atoms with E-state index < -0.39 is 0 Å². The summed E-state index contributed by atoms with van der Waals surface area (Å²) >= 11 is 0. The summed E-state index contributed by atoms with van der Waals surface area (Å²) in [6, 6.07) is 18.9. The van der Waals surface area contributed by atoms with Gasteiger partial charge in [0.2, 0.25) is 0 Å². The van der Waals surface area contributed by atoms with Crippen LogP contribution in [0.1, 0.15) is 33.6 Å². The van der Waals surface area contributed by atoms with Crippen molar-refractivity contribution >= 4 is 22.9 Å². The van der Waals surface area contributed by atoms with E-state index in [2.05, 4.69) is 85.0 Å². The van der Waals surface area contributed by atoms with Crippen LogP contribution < -0.4 is 5.43 Å². The minimum absolute atomic E-state index is 0.751. The second kappa shape index (κ2) is 7.55. The molecule has 146 valence electrons. The Morgan fingerprint density at radius 1 is 0.897 bits per heavy atom. The number of aryl methyl sites for hydroxylation is 4. The molecule has 4 nitrogen and oxygen atoms in total. The van der Waals surface area contributed by atoms with Gasteiger partial charge in [0.1, 0.15) is 5.82 Å². The number of hydrogen-bond donors (Lipinski definition) is 1. The van der Waals surface area contributed by atoms with Crippen molar-refractivity contribution in [2.24, 2.45) is 5.10 Å². The van der Waals surface area contributed by atoms with E-state index in [-0.39, 0.29) is 0 Å². The summed E-state index contributed by atoms with van der Waals surface area (Å²) in [5.74, 6) is 0.751. The van der Waals surface area contributed by atoms with Gasteiger partial charge in [0.25, 0.3) is 0 Å². The number of hydrogen-bond acceptors (Lipinski definition) is 3. The normalized spacial score (nSPS) is 11.5. The number of hydrazone groups is 1. The zero-order valence-corrected chi connectivity index (χ0v) is 17.6. The Kier molecular flexibility index (Phi) is 4.93. The lowest BCUT2D eigenvalue weighted by Gasteiger charge is -2.13. The number of para-hydroxylation sites is 1. The number of anilines is 1. The van der Waals surface area contributed by atoms with E-state index >= 15 is 0 Å². The minimum Gasteiger partial charge on any atom is -0.318 e. The summed E-state index contributed by atoms with van der Waals surface area (Å²) in [5, 5.41) is 5.62. The average Bonchev–Trinajstić information content (AvgIpc) is 2.96. The van der Waals surface area contributed by atoms with E-state index in [1.807, 2.05) is 30.5 Å². The molecule has 0 aliphatic carbocycles. The van der Waals surface area contributed by atoms with Crippen LogP contribution >= 0.6 is 0 Å². The topological polar surface area (TPSA) is 42.2 Å². The first-order valence-corrected chi connectivity index (χ1v) is 9.86. The Morgan fingerprint density at radius 3 is 2.48 bits per heavy atom. The SMILES string of the molecule is Cc1ccc(-n2c(C)cc(C=NNc3cc(C)c4ccccc4n3)c2C)c(C)c1. The third-order valence-corrected chi connectivity index (χ3v) is 5.37. The van der Waals surface area contributed by atoms with Crippen LogP contribution in [0.2, 0.25) is 0 Å². The molecule has 0 bridgehead atoms. The molecule has 29 heavy (non-hydrogen) atoms. The van der Waals surface area contributed by atoms with Crippen LogP contribution in [-0.2, 0) is 0 Å². The van der Waals surface area contributed by atoms with Crippen molar-refractivity contribution < 1.29 is 0 Å². The van der Waals surface area contributed by atoms with Crippen LogP contribution in [0, 0.1) is 34.6 Å². The van der Waals surface area contributed by atoms with Crippen molar-refractivity contribution in [1.29, 1.82) is 0 Å². The maximum Gasteiger partial charge on any atom is 0.147 e. The fourth-order valence-corrected chi connectivity index (χ4v) is 3.92. The summed E-state index contributed by atoms with van der Waals surface area (Å²) < 4.78 is 2.29. The van der Waals surface area contributed by atoms with E-state index in [4.69, 9.17) is 0 Å². The summed E-state index contributed by atoms with van der Waals surface area (Å²) in [6.45, 7) is 10.6. The van der Waals surface area contributed by atoms with Gasteiger partial charge in [-0.3, -0.25) is 5.43 Å². The summed E-state index contributed by atoms with van der Waals surface area (Å²) in [4.78, 5) is 4.65. The van der Waals surface area contributed by atoms with Crippen LogP contribution in [0.4, 0.5) is 5.82 Å². The molecule has 0 fully saturated rings. The van der Waals surface area contributed by atoms with Crippen LogP contribution in [0.3, 0.4) is 0 Å². The van der Waals surface area contributed by atoms with Gasteiger partial charge in [0, 0.05) is 28.0 Å². The van der Waals surface area contributed by atoms with Gasteiger partial charge in [-0.05, 0) is 70.0 Å². The smallest absolute Gasteiger partial charge is 0.147 e. The van der Waals surface area contributed by atoms with Gasteiger partial charge < -0.3 is 4.57 Å². The highest BCUT2D eigenvalue weighted by Crippen LogP contribution is 2.24. The Hall–Kier alpha value is -3.40. The molecule has 0 aliphatic heterocycles. The van der Waals surface area contributed by atoms with Gasteiger partial charge in [-0.1, -0.05) is 35.9 Å². The molecule has 1 N–H and O–H groups in total. The second-order valence-electron chi connectivity index (χ2n) is 7.66. The van der Waals surface area contributed by atoms with Crippen LogP contribution in [-0.4, -0.2) is 15.8 Å². The van der Waals surface area contributed by atoms with Gasteiger partial charge in [0.05, 0.1) is 11.7 Å². The van der Waals surface area contributed by atoms with Gasteiger partial charge in [-0.25, -0.2) is 4.98 Å². The largest absolute Gasteiger partial charge is 0.318 e. The van der Waals surface area contributed by atoms with E-state index in [1.165, 1.54) is 39.2 Å². The average molecular weight is 383 g/mol. The highest BCUT2D eigenvalue weighted by Gasteiger charge is 2.11. The Morgan fingerprint density at radius 2 is 1.69 bits per heavy atom. The van der Waals surface area contributed by atoms with E-state index in [9.17, 15) is 0 Å². The molecule has 2 heterocycles. The van der Waals surface area contributed by atoms with Crippen molar-refractivity contribution in [2.75, 3.05) is 5.43 Å². The van der Waals surface area contributed by atoms with Crippen molar-refractivity contribution in [3.63, 3.8) is 0 Å². The zero-order chi connectivity index (χ0) is 20.5. The van der Waals surface area contributed by atoms with Gasteiger partial charge >= 0.3 is 0 Å². The monoisotopic (exact) mass is 382 g/mol. The predicted molar refractivity (Wildman–Crippen MR) is 122 cm³/mol. The second-order valence-corrected chi connectivity index (χ2v) is 7.66. The van der Waals surface area contributed by atoms with Crippen LogP contribution in [0.5, 0.6) is 0 Å². The molecule has 4 rings (SSSR count). The molecular weight excluding hydrogens is 356 g/mol. The predicted octanol–water partition coefficient (Wildman–Crippen LogP) is 6.01. The summed E-state index contributed by atoms with van der Waals surface area (Å²) in [5.41, 5.74) is 12.4. The lowest BCUT2D eigenvalue weighted by molar-refractivity contribution is 0.953. The first-order valence-electron chi connectivity index (χ1n) is 9.86. The molecule has 2 aromatic carbocycles. The summed E-state index contributed by atoms with van der Waals surface area (Å²) in [7, 11) is 0. The first kappa shape index (κ1) is 18.9. The number of fused-ring (bicyclic) bond motifs is 1. The molecule has 2 aromatic heterocycles. The summed E-state index contributed by atoms with van der Waals surface area (Å²) in [6.07, 6.45) is 1.87. The molecule has 4 aromatic rings. The molecule has 0 unspecified atom stereocenters. The third kappa shape index (κ3) is 3.66. The maximum atomic E-state index is 4.65. The number of rotatable bonds is 4. The molecule has 4 heteroatoms. The first-order chi connectivity index (χ1) is 13.9. The Balaban J connectivity index is 1.61. The van der Waals surface area contributed by atoms with Gasteiger partial charge in [0.15, 0.2) is 0 Å². The quantitative estimate of drug-likeness (QED) is 0.347. The number of benzene rings is 2.